The number of benzene rings is 1. The molecule has 0 bridgehead atoms. The minimum absolute atomic E-state index is 0.00810. The first kappa shape index (κ1) is 14.6. The van der Waals surface area contributed by atoms with Gasteiger partial charge in [-0.25, -0.2) is 0 Å². The SMILES string of the molecule is CC1SCCN(Cc2ccc(Cl)c([N+](=O)[O-])c2)C1C. The minimum Gasteiger partial charge on any atom is -0.294 e. The molecule has 0 radical (unpaired) electrons. The van der Waals surface area contributed by atoms with Crippen molar-refractivity contribution in [1.82, 2.24) is 4.90 Å². The fourth-order valence-electron chi connectivity index (χ4n) is 2.25. The van der Waals surface area contributed by atoms with Crippen molar-refractivity contribution >= 4 is 29.1 Å². The van der Waals surface area contributed by atoms with Crippen LogP contribution in [0.3, 0.4) is 0 Å². The van der Waals surface area contributed by atoms with Crippen molar-refractivity contribution in [3.8, 4) is 0 Å². The van der Waals surface area contributed by atoms with Crippen molar-refractivity contribution in [3.63, 3.8) is 0 Å². The van der Waals surface area contributed by atoms with Crippen LogP contribution in [0.1, 0.15) is 19.4 Å². The summed E-state index contributed by atoms with van der Waals surface area (Å²) in [7, 11) is 0. The Morgan fingerprint density at radius 1 is 1.53 bits per heavy atom. The molecule has 0 N–H and O–H groups in total. The largest absolute Gasteiger partial charge is 0.294 e. The second-order valence-corrected chi connectivity index (χ2v) is 6.72. The predicted octanol–water partition coefficient (Wildman–Crippen LogP) is 3.57. The standard InChI is InChI=1S/C13H17ClN2O2S/c1-9-10(2)19-6-5-15(9)8-11-3-4-12(14)13(7-11)16(17)18/h3-4,7,9-10H,5-6,8H2,1-2H3. The molecule has 19 heavy (non-hydrogen) atoms. The number of halogens is 1. The fourth-order valence-corrected chi connectivity index (χ4v) is 3.60. The molecule has 1 heterocycles. The molecule has 2 unspecified atom stereocenters. The topological polar surface area (TPSA) is 46.4 Å². The van der Waals surface area contributed by atoms with Crippen LogP contribution in [-0.2, 0) is 6.54 Å². The van der Waals surface area contributed by atoms with E-state index >= 15 is 0 Å². The number of hydrogen-bond acceptors (Lipinski definition) is 4. The highest BCUT2D eigenvalue weighted by molar-refractivity contribution is 8.00. The first-order chi connectivity index (χ1) is 8.99. The number of nitro benzene ring substituents is 1. The second-order valence-electron chi connectivity index (χ2n) is 4.83. The van der Waals surface area contributed by atoms with Crippen molar-refractivity contribution in [2.75, 3.05) is 12.3 Å². The zero-order chi connectivity index (χ0) is 14.0. The van der Waals surface area contributed by atoms with Crippen molar-refractivity contribution in [2.45, 2.75) is 31.7 Å². The molecule has 1 aliphatic rings. The minimum atomic E-state index is -0.427. The van der Waals surface area contributed by atoms with Gasteiger partial charge in [-0.3, -0.25) is 15.0 Å². The lowest BCUT2D eigenvalue weighted by atomic mass is 10.1. The van der Waals surface area contributed by atoms with Gasteiger partial charge in [0.2, 0.25) is 0 Å². The molecule has 1 saturated heterocycles. The summed E-state index contributed by atoms with van der Waals surface area (Å²) in [4.78, 5) is 12.8. The van der Waals surface area contributed by atoms with Gasteiger partial charge in [-0.05, 0) is 18.6 Å². The van der Waals surface area contributed by atoms with Gasteiger partial charge in [0, 0.05) is 36.2 Å². The molecular weight excluding hydrogens is 284 g/mol. The first-order valence-corrected chi connectivity index (χ1v) is 7.70. The van der Waals surface area contributed by atoms with Crippen LogP contribution in [-0.4, -0.2) is 33.4 Å². The van der Waals surface area contributed by atoms with Crippen molar-refractivity contribution in [3.05, 3.63) is 38.9 Å². The maximum atomic E-state index is 10.9. The van der Waals surface area contributed by atoms with E-state index in [4.69, 9.17) is 11.6 Å². The number of nitrogens with zero attached hydrogens (tertiary/aromatic N) is 2. The molecule has 1 aromatic rings. The van der Waals surface area contributed by atoms with Gasteiger partial charge in [0.1, 0.15) is 5.02 Å². The molecule has 0 saturated carbocycles. The third-order valence-electron chi connectivity index (χ3n) is 3.61. The van der Waals surface area contributed by atoms with Gasteiger partial charge in [-0.2, -0.15) is 11.8 Å². The van der Waals surface area contributed by atoms with Crippen LogP contribution in [0, 0.1) is 10.1 Å². The molecule has 0 amide bonds. The average Bonchev–Trinajstić information content (AvgIpc) is 2.37. The lowest BCUT2D eigenvalue weighted by molar-refractivity contribution is -0.384. The van der Waals surface area contributed by atoms with E-state index in [0.717, 1.165) is 24.4 Å². The predicted molar refractivity (Wildman–Crippen MR) is 79.9 cm³/mol. The lowest BCUT2D eigenvalue weighted by Crippen LogP contribution is -2.43. The van der Waals surface area contributed by atoms with E-state index in [-0.39, 0.29) is 10.7 Å². The highest BCUT2D eigenvalue weighted by atomic mass is 35.5. The van der Waals surface area contributed by atoms with Crippen LogP contribution < -0.4 is 0 Å². The van der Waals surface area contributed by atoms with E-state index in [1.165, 1.54) is 0 Å². The molecule has 104 valence electrons. The maximum Gasteiger partial charge on any atom is 0.288 e. The molecule has 1 aromatic carbocycles. The summed E-state index contributed by atoms with van der Waals surface area (Å²) in [5.74, 6) is 1.11. The van der Waals surface area contributed by atoms with E-state index in [0.29, 0.717) is 11.3 Å². The molecular formula is C13H17ClN2O2S. The quantitative estimate of drug-likeness (QED) is 0.632. The molecule has 0 aromatic heterocycles. The van der Waals surface area contributed by atoms with Gasteiger partial charge in [-0.1, -0.05) is 24.6 Å². The Hall–Kier alpha value is -0.780. The normalized spacial score (nSPS) is 24.4. The summed E-state index contributed by atoms with van der Waals surface area (Å²) in [6.45, 7) is 6.20. The van der Waals surface area contributed by atoms with E-state index in [2.05, 4.69) is 18.7 Å². The average molecular weight is 301 g/mol. The van der Waals surface area contributed by atoms with Gasteiger partial charge in [0.05, 0.1) is 4.92 Å². The lowest BCUT2D eigenvalue weighted by Gasteiger charge is -2.37. The maximum absolute atomic E-state index is 10.9. The van der Waals surface area contributed by atoms with Crippen LogP contribution in [0.25, 0.3) is 0 Å². The number of nitro groups is 1. The van der Waals surface area contributed by atoms with Crippen LogP contribution >= 0.6 is 23.4 Å². The van der Waals surface area contributed by atoms with E-state index in [1.807, 2.05) is 17.8 Å². The van der Waals surface area contributed by atoms with Crippen LogP contribution in [0.5, 0.6) is 0 Å². The Kier molecular flexibility index (Phi) is 4.71. The molecule has 4 nitrogen and oxygen atoms in total. The van der Waals surface area contributed by atoms with E-state index in [9.17, 15) is 10.1 Å². The van der Waals surface area contributed by atoms with E-state index < -0.39 is 4.92 Å². The molecule has 2 rings (SSSR count). The Morgan fingerprint density at radius 3 is 2.95 bits per heavy atom. The summed E-state index contributed by atoms with van der Waals surface area (Å²) in [6, 6.07) is 5.55. The van der Waals surface area contributed by atoms with Crippen molar-refractivity contribution in [2.24, 2.45) is 0 Å². The van der Waals surface area contributed by atoms with Crippen LogP contribution in [0.4, 0.5) is 5.69 Å². The number of hydrogen-bond donors (Lipinski definition) is 0. The molecule has 2 atom stereocenters. The highest BCUT2D eigenvalue weighted by Crippen LogP contribution is 2.28. The Labute approximate surface area is 122 Å². The molecule has 0 aliphatic carbocycles. The molecule has 6 heteroatoms. The zero-order valence-corrected chi connectivity index (χ0v) is 12.6. The third kappa shape index (κ3) is 3.41. The Bertz CT molecular complexity index is 484. The summed E-state index contributed by atoms with van der Waals surface area (Å²) >= 11 is 7.81. The van der Waals surface area contributed by atoms with E-state index in [1.54, 1.807) is 12.1 Å². The third-order valence-corrected chi connectivity index (χ3v) is 5.27. The van der Waals surface area contributed by atoms with Gasteiger partial charge in [0.15, 0.2) is 0 Å². The molecule has 1 fully saturated rings. The van der Waals surface area contributed by atoms with Gasteiger partial charge in [0.25, 0.3) is 5.69 Å². The van der Waals surface area contributed by atoms with Gasteiger partial charge >= 0.3 is 0 Å². The van der Waals surface area contributed by atoms with Crippen molar-refractivity contribution < 1.29 is 4.92 Å². The van der Waals surface area contributed by atoms with Crippen LogP contribution in [0.15, 0.2) is 18.2 Å². The van der Waals surface area contributed by atoms with Crippen LogP contribution in [0.2, 0.25) is 5.02 Å². The Morgan fingerprint density at radius 2 is 2.26 bits per heavy atom. The van der Waals surface area contributed by atoms with Gasteiger partial charge in [-0.15, -0.1) is 0 Å². The second kappa shape index (κ2) is 6.11. The monoisotopic (exact) mass is 300 g/mol. The Balaban J connectivity index is 2.15. The summed E-state index contributed by atoms with van der Waals surface area (Å²) in [5, 5.41) is 11.7. The molecule has 0 spiro atoms. The van der Waals surface area contributed by atoms with Crippen molar-refractivity contribution in [1.29, 1.82) is 0 Å². The fraction of sp³-hybridized carbons (Fsp3) is 0.538. The molecule has 1 aliphatic heterocycles. The highest BCUT2D eigenvalue weighted by Gasteiger charge is 2.25. The number of thioether (sulfide) groups is 1. The number of rotatable bonds is 3. The summed E-state index contributed by atoms with van der Waals surface area (Å²) < 4.78 is 0. The zero-order valence-electron chi connectivity index (χ0n) is 11.0. The summed E-state index contributed by atoms with van der Waals surface area (Å²) in [6.07, 6.45) is 0. The summed E-state index contributed by atoms with van der Waals surface area (Å²) in [5.41, 5.74) is 0.938. The van der Waals surface area contributed by atoms with Gasteiger partial charge < -0.3 is 0 Å². The smallest absolute Gasteiger partial charge is 0.288 e. The first-order valence-electron chi connectivity index (χ1n) is 6.27.